The van der Waals surface area contributed by atoms with Gasteiger partial charge in [0, 0.05) is 43.6 Å². The van der Waals surface area contributed by atoms with Gasteiger partial charge in [0.05, 0.1) is 29.9 Å². The molecule has 0 atom stereocenters. The van der Waals surface area contributed by atoms with Crippen molar-refractivity contribution in [3.05, 3.63) is 59.3 Å². The third-order valence-corrected chi connectivity index (χ3v) is 6.48. The van der Waals surface area contributed by atoms with Gasteiger partial charge in [0.25, 0.3) is 5.91 Å². The average Bonchev–Trinajstić information content (AvgIpc) is 3.50. The summed E-state index contributed by atoms with van der Waals surface area (Å²) in [7, 11) is 0. The van der Waals surface area contributed by atoms with Crippen molar-refractivity contribution in [3.8, 4) is 11.5 Å². The standard InChI is InChI=1S/C25H27N7O2/c33-25(18-4-6-19-17(13-18)2-1-7-26-19)30-22-14-27-31-23(22)24-28-20-5-3-16(12-21(20)29-24)15-32-8-10-34-11-9-32/h3-6,12-14,26H,1-2,7-11,15H2,(H,27,31)(H,28,29)(H,30,33). The Morgan fingerprint density at radius 3 is 2.97 bits per heavy atom. The maximum Gasteiger partial charge on any atom is 0.255 e. The molecule has 174 valence electrons. The van der Waals surface area contributed by atoms with E-state index in [4.69, 9.17) is 9.72 Å². The number of carbonyl (C=O) groups excluding carboxylic acids is 1. The topological polar surface area (TPSA) is 111 Å². The van der Waals surface area contributed by atoms with Gasteiger partial charge >= 0.3 is 0 Å². The Hall–Kier alpha value is -3.69. The molecule has 0 saturated carbocycles. The first-order chi connectivity index (χ1) is 16.7. The molecule has 2 aliphatic heterocycles. The Kier molecular flexibility index (Phi) is 5.48. The summed E-state index contributed by atoms with van der Waals surface area (Å²) in [5, 5.41) is 13.6. The number of ether oxygens (including phenoxy) is 1. The molecule has 0 aliphatic carbocycles. The molecule has 4 N–H and O–H groups in total. The predicted octanol–water partition coefficient (Wildman–Crippen LogP) is 3.40. The number of nitrogens with zero attached hydrogens (tertiary/aromatic N) is 3. The number of benzene rings is 2. The molecule has 0 radical (unpaired) electrons. The lowest BCUT2D eigenvalue weighted by Crippen LogP contribution is -2.35. The predicted molar refractivity (Wildman–Crippen MR) is 131 cm³/mol. The van der Waals surface area contributed by atoms with Gasteiger partial charge in [-0.15, -0.1) is 0 Å². The smallest absolute Gasteiger partial charge is 0.255 e. The number of aromatic nitrogens is 4. The molecule has 9 heteroatoms. The van der Waals surface area contributed by atoms with Crippen LogP contribution in [0.15, 0.2) is 42.6 Å². The third-order valence-electron chi connectivity index (χ3n) is 6.48. The number of imidazole rings is 1. The molecule has 0 spiro atoms. The van der Waals surface area contributed by atoms with Crippen LogP contribution in [0.2, 0.25) is 0 Å². The lowest BCUT2D eigenvalue weighted by Gasteiger charge is -2.26. The molecular formula is C25H27N7O2. The number of nitrogens with one attached hydrogen (secondary N) is 4. The van der Waals surface area contributed by atoms with Crippen LogP contribution in [-0.4, -0.2) is 63.8 Å². The van der Waals surface area contributed by atoms with Crippen molar-refractivity contribution in [2.75, 3.05) is 43.5 Å². The maximum absolute atomic E-state index is 13.0. The molecule has 0 bridgehead atoms. The number of hydrogen-bond acceptors (Lipinski definition) is 6. The van der Waals surface area contributed by atoms with E-state index in [1.807, 2.05) is 24.3 Å². The van der Waals surface area contributed by atoms with Crippen LogP contribution in [0.1, 0.15) is 27.9 Å². The number of hydrogen-bond donors (Lipinski definition) is 4. The fourth-order valence-electron chi connectivity index (χ4n) is 4.66. The second-order valence-corrected chi connectivity index (χ2v) is 8.83. The highest BCUT2D eigenvalue weighted by Crippen LogP contribution is 2.28. The Morgan fingerprint density at radius 1 is 1.15 bits per heavy atom. The highest BCUT2D eigenvalue weighted by molar-refractivity contribution is 6.06. The van der Waals surface area contributed by atoms with E-state index in [0.717, 1.165) is 69.0 Å². The Balaban J connectivity index is 1.21. The minimum atomic E-state index is -0.167. The number of aryl methyl sites for hydroxylation is 1. The highest BCUT2D eigenvalue weighted by Gasteiger charge is 2.18. The Labute approximate surface area is 196 Å². The summed E-state index contributed by atoms with van der Waals surface area (Å²) < 4.78 is 5.44. The first-order valence-corrected chi connectivity index (χ1v) is 11.7. The Bertz CT molecular complexity index is 1340. The molecule has 1 saturated heterocycles. The van der Waals surface area contributed by atoms with Crippen molar-refractivity contribution >= 4 is 28.3 Å². The van der Waals surface area contributed by atoms with E-state index in [9.17, 15) is 4.79 Å². The largest absolute Gasteiger partial charge is 0.385 e. The molecule has 34 heavy (non-hydrogen) atoms. The molecule has 2 aromatic carbocycles. The van der Waals surface area contributed by atoms with E-state index in [0.29, 0.717) is 22.8 Å². The van der Waals surface area contributed by atoms with Crippen LogP contribution < -0.4 is 10.6 Å². The molecule has 0 unspecified atom stereocenters. The van der Waals surface area contributed by atoms with Crippen LogP contribution >= 0.6 is 0 Å². The van der Waals surface area contributed by atoms with Crippen molar-refractivity contribution in [1.82, 2.24) is 25.1 Å². The first-order valence-electron chi connectivity index (χ1n) is 11.7. The van der Waals surface area contributed by atoms with Gasteiger partial charge in [0.1, 0.15) is 0 Å². The summed E-state index contributed by atoms with van der Waals surface area (Å²) >= 11 is 0. The molecule has 9 nitrogen and oxygen atoms in total. The number of anilines is 2. The lowest BCUT2D eigenvalue weighted by molar-refractivity contribution is 0.0342. The van der Waals surface area contributed by atoms with Gasteiger partial charge < -0.3 is 20.4 Å². The molecule has 4 heterocycles. The van der Waals surface area contributed by atoms with E-state index in [1.54, 1.807) is 6.20 Å². The van der Waals surface area contributed by atoms with Crippen molar-refractivity contribution in [1.29, 1.82) is 0 Å². The number of morpholine rings is 1. The van der Waals surface area contributed by atoms with E-state index < -0.39 is 0 Å². The normalized spacial score (nSPS) is 16.2. The van der Waals surface area contributed by atoms with Gasteiger partial charge in [-0.3, -0.25) is 14.8 Å². The zero-order valence-corrected chi connectivity index (χ0v) is 18.9. The third kappa shape index (κ3) is 4.15. The van der Waals surface area contributed by atoms with Crippen molar-refractivity contribution < 1.29 is 9.53 Å². The van der Waals surface area contributed by atoms with Crippen molar-refractivity contribution in [2.24, 2.45) is 0 Å². The number of H-pyrrole nitrogens is 2. The zero-order chi connectivity index (χ0) is 22.9. The SMILES string of the molecule is O=C(Nc1c[nH]nc1-c1nc2cc(CN3CCOCC3)ccc2[nH]1)c1ccc2c(c1)CCCN2. The van der Waals surface area contributed by atoms with Gasteiger partial charge in [0.2, 0.25) is 0 Å². The molecule has 4 aromatic rings. The number of carbonyl (C=O) groups is 1. The summed E-state index contributed by atoms with van der Waals surface area (Å²) in [6, 6.07) is 12.1. The van der Waals surface area contributed by atoms with E-state index in [2.05, 4.69) is 42.8 Å². The minimum absolute atomic E-state index is 0.167. The fraction of sp³-hybridized carbons (Fsp3) is 0.320. The highest BCUT2D eigenvalue weighted by atomic mass is 16.5. The van der Waals surface area contributed by atoms with Crippen LogP contribution in [0.4, 0.5) is 11.4 Å². The van der Waals surface area contributed by atoms with Crippen LogP contribution in [0.25, 0.3) is 22.6 Å². The van der Waals surface area contributed by atoms with Crippen molar-refractivity contribution in [3.63, 3.8) is 0 Å². The van der Waals surface area contributed by atoms with Crippen LogP contribution in [0, 0.1) is 0 Å². The van der Waals surface area contributed by atoms with Crippen LogP contribution in [-0.2, 0) is 17.7 Å². The molecule has 2 aliphatic rings. The maximum atomic E-state index is 13.0. The van der Waals surface area contributed by atoms with Gasteiger partial charge in [0.15, 0.2) is 11.5 Å². The first kappa shape index (κ1) is 20.9. The van der Waals surface area contributed by atoms with Gasteiger partial charge in [-0.25, -0.2) is 4.98 Å². The quantitative estimate of drug-likeness (QED) is 0.366. The monoisotopic (exact) mass is 457 g/mol. The summed E-state index contributed by atoms with van der Waals surface area (Å²) in [4.78, 5) is 23.5. The number of rotatable bonds is 5. The zero-order valence-electron chi connectivity index (χ0n) is 18.9. The van der Waals surface area contributed by atoms with Gasteiger partial charge in [-0.05, 0) is 54.3 Å². The molecule has 6 rings (SSSR count). The van der Waals surface area contributed by atoms with Crippen molar-refractivity contribution in [2.45, 2.75) is 19.4 Å². The molecule has 2 aromatic heterocycles. The van der Waals surface area contributed by atoms with Gasteiger partial charge in [-0.1, -0.05) is 6.07 Å². The fourth-order valence-corrected chi connectivity index (χ4v) is 4.66. The summed E-state index contributed by atoms with van der Waals surface area (Å²) in [5.74, 6) is 0.449. The van der Waals surface area contributed by atoms with E-state index >= 15 is 0 Å². The second kappa shape index (κ2) is 8.92. The minimum Gasteiger partial charge on any atom is -0.385 e. The van der Waals surface area contributed by atoms with Crippen LogP contribution in [0.5, 0.6) is 0 Å². The summed E-state index contributed by atoms with van der Waals surface area (Å²) in [6.07, 6.45) is 3.74. The molecular weight excluding hydrogens is 430 g/mol. The summed E-state index contributed by atoms with van der Waals surface area (Å²) in [6.45, 7) is 5.31. The molecule has 1 amide bonds. The molecule has 1 fully saturated rings. The number of amides is 1. The second-order valence-electron chi connectivity index (χ2n) is 8.83. The number of fused-ring (bicyclic) bond motifs is 2. The lowest BCUT2D eigenvalue weighted by atomic mass is 10.0. The Morgan fingerprint density at radius 2 is 2.06 bits per heavy atom. The average molecular weight is 458 g/mol. The van der Waals surface area contributed by atoms with E-state index in [1.165, 1.54) is 11.1 Å². The number of aromatic amines is 2. The van der Waals surface area contributed by atoms with Crippen LogP contribution in [0.3, 0.4) is 0 Å². The van der Waals surface area contributed by atoms with Gasteiger partial charge in [-0.2, -0.15) is 5.10 Å². The summed E-state index contributed by atoms with van der Waals surface area (Å²) in [5.41, 5.74) is 7.12. The van der Waals surface area contributed by atoms with E-state index in [-0.39, 0.29) is 5.91 Å².